The molecule has 2 nitrogen and oxygen atoms in total. The second-order valence-corrected chi connectivity index (χ2v) is 5.97. The minimum absolute atomic E-state index is 0.507. The van der Waals surface area contributed by atoms with E-state index < -0.39 is 0 Å². The maximum atomic E-state index is 3.55. The molecule has 1 aromatic rings. The number of benzene rings is 1. The van der Waals surface area contributed by atoms with Crippen LogP contribution in [0.1, 0.15) is 18.9 Å². The van der Waals surface area contributed by atoms with Crippen LogP contribution in [0.2, 0.25) is 0 Å². The Bertz CT molecular complexity index is 376. The van der Waals surface area contributed by atoms with Crippen LogP contribution >= 0.6 is 0 Å². The normalized spacial score (nSPS) is 33.6. The maximum absolute atomic E-state index is 3.55. The smallest absolute Gasteiger partial charge is 0.0234 e. The van der Waals surface area contributed by atoms with Gasteiger partial charge < -0.3 is 5.32 Å². The van der Waals surface area contributed by atoms with Gasteiger partial charge in [0.25, 0.3) is 0 Å². The molecule has 2 atom stereocenters. The van der Waals surface area contributed by atoms with Gasteiger partial charge in [0, 0.05) is 26.2 Å². The van der Waals surface area contributed by atoms with Crippen molar-refractivity contribution in [3.8, 4) is 0 Å². The van der Waals surface area contributed by atoms with E-state index in [1.54, 1.807) is 0 Å². The first kappa shape index (κ1) is 11.2. The summed E-state index contributed by atoms with van der Waals surface area (Å²) in [7, 11) is 0. The van der Waals surface area contributed by atoms with Crippen molar-refractivity contribution in [2.24, 2.45) is 11.3 Å². The third-order valence-electron chi connectivity index (χ3n) is 4.50. The lowest BCUT2D eigenvalue weighted by atomic mass is 9.76. The molecule has 2 unspecified atom stereocenters. The molecule has 2 heterocycles. The molecule has 2 saturated heterocycles. The zero-order valence-electron chi connectivity index (χ0n) is 10.7. The summed E-state index contributed by atoms with van der Waals surface area (Å²) in [5, 5.41) is 3.55. The molecule has 17 heavy (non-hydrogen) atoms. The molecule has 92 valence electrons. The van der Waals surface area contributed by atoms with E-state index in [1.807, 2.05) is 0 Å². The SMILES string of the molecule is CC12CNCCC1CN(Cc1ccccc1)C2. The molecule has 0 aliphatic carbocycles. The Hall–Kier alpha value is -0.860. The summed E-state index contributed by atoms with van der Waals surface area (Å²) in [6.07, 6.45) is 1.35. The average molecular weight is 230 g/mol. The van der Waals surface area contributed by atoms with Crippen molar-refractivity contribution in [2.45, 2.75) is 19.9 Å². The molecule has 2 fully saturated rings. The highest BCUT2D eigenvalue weighted by molar-refractivity contribution is 5.15. The number of nitrogens with zero attached hydrogens (tertiary/aromatic N) is 1. The van der Waals surface area contributed by atoms with Crippen LogP contribution in [0.5, 0.6) is 0 Å². The van der Waals surface area contributed by atoms with Gasteiger partial charge in [-0.05, 0) is 29.9 Å². The van der Waals surface area contributed by atoms with Gasteiger partial charge in [-0.3, -0.25) is 4.90 Å². The van der Waals surface area contributed by atoms with Gasteiger partial charge in [0.15, 0.2) is 0 Å². The van der Waals surface area contributed by atoms with Crippen molar-refractivity contribution >= 4 is 0 Å². The van der Waals surface area contributed by atoms with Gasteiger partial charge in [-0.25, -0.2) is 0 Å². The number of rotatable bonds is 2. The van der Waals surface area contributed by atoms with Gasteiger partial charge in [-0.2, -0.15) is 0 Å². The van der Waals surface area contributed by atoms with Crippen LogP contribution in [0, 0.1) is 11.3 Å². The molecule has 2 heteroatoms. The van der Waals surface area contributed by atoms with Crippen LogP contribution in [-0.4, -0.2) is 31.1 Å². The molecule has 0 amide bonds. The van der Waals surface area contributed by atoms with Crippen molar-refractivity contribution in [2.75, 3.05) is 26.2 Å². The van der Waals surface area contributed by atoms with Gasteiger partial charge >= 0.3 is 0 Å². The van der Waals surface area contributed by atoms with Crippen molar-refractivity contribution in [3.63, 3.8) is 0 Å². The Morgan fingerprint density at radius 3 is 2.94 bits per heavy atom. The first-order chi connectivity index (χ1) is 8.26. The molecule has 0 aromatic heterocycles. The fourth-order valence-electron chi connectivity index (χ4n) is 3.49. The molecule has 3 rings (SSSR count). The molecule has 2 aliphatic rings. The minimum Gasteiger partial charge on any atom is -0.316 e. The number of hydrogen-bond acceptors (Lipinski definition) is 2. The van der Waals surface area contributed by atoms with E-state index in [9.17, 15) is 0 Å². The number of hydrogen-bond donors (Lipinski definition) is 1. The Morgan fingerprint density at radius 2 is 2.18 bits per heavy atom. The number of likely N-dealkylation sites (tertiary alicyclic amines) is 1. The zero-order valence-corrected chi connectivity index (χ0v) is 10.7. The van der Waals surface area contributed by atoms with Gasteiger partial charge in [0.1, 0.15) is 0 Å². The number of piperidine rings is 1. The summed E-state index contributed by atoms with van der Waals surface area (Å²) in [4.78, 5) is 2.63. The quantitative estimate of drug-likeness (QED) is 0.837. The van der Waals surface area contributed by atoms with Crippen LogP contribution in [-0.2, 0) is 6.54 Å². The van der Waals surface area contributed by atoms with Gasteiger partial charge in [0.05, 0.1) is 0 Å². The van der Waals surface area contributed by atoms with Crippen LogP contribution in [0.3, 0.4) is 0 Å². The first-order valence-electron chi connectivity index (χ1n) is 6.73. The highest BCUT2D eigenvalue weighted by Gasteiger charge is 2.43. The molecule has 0 saturated carbocycles. The van der Waals surface area contributed by atoms with E-state index in [0.29, 0.717) is 5.41 Å². The van der Waals surface area contributed by atoms with E-state index in [2.05, 4.69) is 47.5 Å². The third kappa shape index (κ3) is 2.24. The summed E-state index contributed by atoms with van der Waals surface area (Å²) < 4.78 is 0. The molecule has 2 aliphatic heterocycles. The minimum atomic E-state index is 0.507. The lowest BCUT2D eigenvalue weighted by Crippen LogP contribution is -2.44. The van der Waals surface area contributed by atoms with Crippen LogP contribution < -0.4 is 5.32 Å². The lowest BCUT2D eigenvalue weighted by molar-refractivity contribution is 0.188. The Labute approximate surface area is 104 Å². The van der Waals surface area contributed by atoms with E-state index in [0.717, 1.165) is 12.5 Å². The molecular weight excluding hydrogens is 208 g/mol. The number of fused-ring (bicyclic) bond motifs is 1. The Kier molecular flexibility index (Phi) is 2.93. The van der Waals surface area contributed by atoms with Crippen LogP contribution in [0.4, 0.5) is 0 Å². The third-order valence-corrected chi connectivity index (χ3v) is 4.50. The highest BCUT2D eigenvalue weighted by Crippen LogP contribution is 2.39. The molecule has 1 N–H and O–H groups in total. The van der Waals surface area contributed by atoms with Crippen molar-refractivity contribution in [1.82, 2.24) is 10.2 Å². The monoisotopic (exact) mass is 230 g/mol. The summed E-state index contributed by atoms with van der Waals surface area (Å²) >= 11 is 0. The summed E-state index contributed by atoms with van der Waals surface area (Å²) in [5.41, 5.74) is 1.95. The van der Waals surface area contributed by atoms with E-state index >= 15 is 0 Å². The van der Waals surface area contributed by atoms with E-state index in [4.69, 9.17) is 0 Å². The van der Waals surface area contributed by atoms with Crippen LogP contribution in [0.25, 0.3) is 0 Å². The standard InChI is InChI=1S/C15H22N2/c1-15-11-16-8-7-14(15)10-17(12-15)9-13-5-3-2-4-6-13/h2-6,14,16H,7-12H2,1H3. The van der Waals surface area contributed by atoms with Crippen molar-refractivity contribution in [1.29, 1.82) is 0 Å². The highest BCUT2D eigenvalue weighted by atomic mass is 15.2. The molecular formula is C15H22N2. The fourth-order valence-corrected chi connectivity index (χ4v) is 3.49. The maximum Gasteiger partial charge on any atom is 0.0234 e. The topological polar surface area (TPSA) is 15.3 Å². The van der Waals surface area contributed by atoms with E-state index in [1.165, 1.54) is 38.2 Å². The molecule has 1 aromatic carbocycles. The molecule has 0 spiro atoms. The largest absolute Gasteiger partial charge is 0.316 e. The second kappa shape index (κ2) is 4.43. The predicted molar refractivity (Wildman–Crippen MR) is 70.8 cm³/mol. The lowest BCUT2D eigenvalue weighted by Gasteiger charge is -2.35. The fraction of sp³-hybridized carbons (Fsp3) is 0.600. The Morgan fingerprint density at radius 1 is 1.35 bits per heavy atom. The first-order valence-corrected chi connectivity index (χ1v) is 6.73. The zero-order chi connectivity index (χ0) is 11.7. The van der Waals surface area contributed by atoms with E-state index in [-0.39, 0.29) is 0 Å². The van der Waals surface area contributed by atoms with Gasteiger partial charge in [0.2, 0.25) is 0 Å². The Balaban J connectivity index is 1.67. The van der Waals surface area contributed by atoms with Gasteiger partial charge in [-0.1, -0.05) is 37.3 Å². The van der Waals surface area contributed by atoms with Crippen molar-refractivity contribution < 1.29 is 0 Å². The summed E-state index contributed by atoms with van der Waals surface area (Å²) in [6, 6.07) is 10.9. The summed E-state index contributed by atoms with van der Waals surface area (Å²) in [5.74, 6) is 0.896. The molecule has 0 radical (unpaired) electrons. The number of nitrogens with one attached hydrogen (secondary N) is 1. The van der Waals surface area contributed by atoms with Crippen molar-refractivity contribution in [3.05, 3.63) is 35.9 Å². The van der Waals surface area contributed by atoms with Crippen LogP contribution in [0.15, 0.2) is 30.3 Å². The molecule has 0 bridgehead atoms. The van der Waals surface area contributed by atoms with Gasteiger partial charge in [-0.15, -0.1) is 0 Å². The average Bonchev–Trinajstić information content (AvgIpc) is 2.66. The summed E-state index contributed by atoms with van der Waals surface area (Å²) in [6.45, 7) is 8.51. The predicted octanol–water partition coefficient (Wildman–Crippen LogP) is 2.12. The second-order valence-electron chi connectivity index (χ2n) is 5.97.